The van der Waals surface area contributed by atoms with Crippen molar-refractivity contribution < 1.29 is 127 Å². The summed E-state index contributed by atoms with van der Waals surface area (Å²) in [5.74, 6) is -5.44. The Morgan fingerprint density at radius 3 is 1.98 bits per heavy atom. The van der Waals surface area contributed by atoms with Gasteiger partial charge in [0.2, 0.25) is 18.3 Å². The Hall–Kier alpha value is -9.71. The summed E-state index contributed by atoms with van der Waals surface area (Å²) in [6.45, 7) is -9.04. The van der Waals surface area contributed by atoms with Crippen LogP contribution < -0.4 is 26.4 Å². The number of nitrogens with two attached hydrogens (primary N) is 1. The lowest BCUT2D eigenvalue weighted by Crippen LogP contribution is -2.64. The predicted octanol–water partition coefficient (Wildman–Crippen LogP) is 5.55. The number of nitrogens with one attached hydrogen (secondary N) is 3. The molecule has 0 spiro atoms. The standard InChI is InChI=1S/C63H67F2N13O25P2S2/c1-29(79)95-49-50(96-30(2)80)52(97-31(3)81)60(101-51(49)59(83)89-5)100-39-15-14-32(20-38(39)74-42(82)16-17-67-61(84)91-22-37-35-12-8-6-10-33(35)34-11-7-9-13-36(34)37)21-92-63(86)76(4)18-19-90-62(85)75-54-46-56(71-26-69-54)78(28-73-46)58-44(65)48-41(99-58)24-94-104(87,106)102-47-40(23-93-105(88,107)103-48)98-57(43(47)64)77-27-72-45-53(66)68-25-70-55(45)77/h6-15,20,25-28,37,40-41,43-44,47-52,57-58,60H,16-19,21-24H2,1-5H3,(H,67,84)(H,74,82)(H,87,106)(H,88,107)(H2,66,68,70)(H,69,71,75,85)/t40-,41-,43-,44-,47-,48-,49+,50+,51+,52-,57-,58-,60-,104?,105?/m1/s1. The Morgan fingerprint density at radius 2 is 1.33 bits per heavy atom. The number of thiol groups is 1. The first-order valence-electron chi connectivity index (χ1n) is 32.4. The Labute approximate surface area is 614 Å². The predicted molar refractivity (Wildman–Crippen MR) is 366 cm³/mol. The van der Waals surface area contributed by atoms with E-state index in [0.717, 1.165) is 78.6 Å². The minimum atomic E-state index is -4.61. The fraction of sp³-hybridized carbons (Fsp3) is 0.429. The molecule has 107 heavy (non-hydrogen) atoms. The highest BCUT2D eigenvalue weighted by Gasteiger charge is 2.57. The molecular weight excluding hydrogens is 1500 g/mol. The maximum atomic E-state index is 16.8. The molecule has 6 N–H and O–H groups in total. The molecular formula is C63H67F2N13O25P2S2. The van der Waals surface area contributed by atoms with Gasteiger partial charge in [0.25, 0.3) is 0 Å². The molecule has 2 unspecified atom stereocenters. The normalized spacial score (nSPS) is 26.8. The maximum absolute atomic E-state index is 16.8. The maximum Gasteiger partial charge on any atom is 0.412 e. The summed E-state index contributed by atoms with van der Waals surface area (Å²) in [6, 6.07) is 19.5. The van der Waals surface area contributed by atoms with Crippen molar-refractivity contribution in [3.05, 3.63) is 109 Å². The number of methoxy groups -OCH3 is 1. The first-order chi connectivity index (χ1) is 51.1. The number of esters is 4. The largest absolute Gasteiger partial charge is 0.467 e. The van der Waals surface area contributed by atoms with Gasteiger partial charge in [0, 0.05) is 46.7 Å². The molecule has 0 saturated carbocycles. The molecule has 15 atom stereocenters. The minimum absolute atomic E-state index is 0.00416. The number of amides is 4. The molecule has 5 aliphatic rings. The summed E-state index contributed by atoms with van der Waals surface area (Å²) in [4.78, 5) is 141. The molecule has 4 aliphatic heterocycles. The molecule has 4 saturated heterocycles. The van der Waals surface area contributed by atoms with Crippen molar-refractivity contribution in [1.82, 2.24) is 49.3 Å². The van der Waals surface area contributed by atoms with Gasteiger partial charge in [-0.1, -0.05) is 66.8 Å². The van der Waals surface area contributed by atoms with Crippen molar-refractivity contribution in [1.29, 1.82) is 0 Å². The van der Waals surface area contributed by atoms with Crippen molar-refractivity contribution in [2.24, 2.45) is 0 Å². The number of imidazole rings is 2. The lowest BCUT2D eigenvalue weighted by molar-refractivity contribution is -0.282. The van der Waals surface area contributed by atoms with Crippen LogP contribution in [-0.2, 0) is 112 Å². The summed E-state index contributed by atoms with van der Waals surface area (Å²) >= 11 is 9.33. The van der Waals surface area contributed by atoms with Gasteiger partial charge < -0.3 is 82.8 Å². The van der Waals surface area contributed by atoms with Gasteiger partial charge >= 0.3 is 55.7 Å². The number of rotatable bonds is 20. The minimum Gasteiger partial charge on any atom is -0.467 e. The Morgan fingerprint density at radius 1 is 0.729 bits per heavy atom. The zero-order valence-corrected chi connectivity index (χ0v) is 60.3. The molecule has 38 nitrogen and oxygen atoms in total. The number of alkyl halides is 2. The van der Waals surface area contributed by atoms with E-state index >= 15 is 8.78 Å². The zero-order valence-electron chi connectivity index (χ0n) is 56.8. The van der Waals surface area contributed by atoms with Gasteiger partial charge in [-0.05, 0) is 51.8 Å². The van der Waals surface area contributed by atoms with E-state index in [9.17, 15) is 47.8 Å². The van der Waals surface area contributed by atoms with Crippen LogP contribution in [0.15, 0.2) is 92.0 Å². The van der Waals surface area contributed by atoms with Crippen molar-refractivity contribution in [3.8, 4) is 16.9 Å². The number of anilines is 3. The third kappa shape index (κ3) is 17.5. The molecule has 4 aromatic heterocycles. The molecule has 4 amide bonds. The van der Waals surface area contributed by atoms with E-state index in [1.165, 1.54) is 36.1 Å². The van der Waals surface area contributed by atoms with E-state index in [0.29, 0.717) is 0 Å². The summed E-state index contributed by atoms with van der Waals surface area (Å²) in [5.41, 5.74) is 9.95. The average molecular weight is 1570 g/mol. The van der Waals surface area contributed by atoms with Gasteiger partial charge in [-0.25, -0.2) is 62.4 Å². The molecule has 0 radical (unpaired) electrons. The number of benzene rings is 3. The quantitative estimate of drug-likeness (QED) is 0.0236. The van der Waals surface area contributed by atoms with Crippen molar-refractivity contribution >= 4 is 125 Å². The summed E-state index contributed by atoms with van der Waals surface area (Å²) in [5, 5.41) is 7.64. The van der Waals surface area contributed by atoms with Crippen LogP contribution in [0.2, 0.25) is 0 Å². The van der Waals surface area contributed by atoms with Crippen LogP contribution in [0.5, 0.6) is 5.75 Å². The van der Waals surface area contributed by atoms with Crippen molar-refractivity contribution in [2.75, 3.05) is 70.0 Å². The number of hydrogen-bond acceptors (Lipinski definition) is 32. The smallest absolute Gasteiger partial charge is 0.412 e. The Kier molecular flexibility index (Phi) is 23.6. The number of alkyl carbamates (subject to hydrolysis) is 1. The van der Waals surface area contributed by atoms with Gasteiger partial charge in [-0.15, -0.1) is 0 Å². The van der Waals surface area contributed by atoms with Crippen molar-refractivity contribution in [3.63, 3.8) is 0 Å². The number of fused-ring (bicyclic) bond motifs is 7. The summed E-state index contributed by atoms with van der Waals surface area (Å²) in [7, 11) is 2.32. The first kappa shape index (κ1) is 76.9. The number of nitrogens with zero attached hydrogens (tertiary/aromatic N) is 9. The molecule has 44 heteroatoms. The van der Waals surface area contributed by atoms with E-state index in [-0.39, 0.29) is 83.0 Å². The van der Waals surface area contributed by atoms with E-state index in [2.05, 4.69) is 58.1 Å². The molecule has 0 bridgehead atoms. The van der Waals surface area contributed by atoms with Gasteiger partial charge in [-0.3, -0.25) is 47.2 Å². The van der Waals surface area contributed by atoms with Gasteiger partial charge in [0.15, 0.2) is 71.6 Å². The number of nitrogen functional groups attached to an aromatic ring is 1. The van der Waals surface area contributed by atoms with E-state index < -0.39 is 168 Å². The highest BCUT2D eigenvalue weighted by Crippen LogP contribution is 2.59. The SMILES string of the molecule is COC(=O)[C@H]1O[C@@H](Oc2ccc(COC(=O)N(C)CCOC(=O)Nc3ncnc4c3ncn4[C@@H]3O[C@@H]4COP(O)(=S)O[C@H]5[C@@H](F)[C@H](n6cnc7c(N)ncnc76)O[C@@H]5COP(=O)(S)O[C@H]4[C@H]3F)cc2NC(=O)CCNC(=O)OCC2c3ccccc3-c3ccccc32)[C@H](OC(C)=O)[C@@H](OC(C)=O)[C@@H]1OC(C)=O. The van der Waals surface area contributed by atoms with Crippen LogP contribution >= 0.6 is 25.8 Å². The molecule has 12 rings (SSSR count). The van der Waals surface area contributed by atoms with Gasteiger partial charge in [0.1, 0.15) is 68.2 Å². The molecule has 7 aromatic rings. The fourth-order valence-corrected chi connectivity index (χ4v) is 15.2. The van der Waals surface area contributed by atoms with Gasteiger partial charge in [0.05, 0.1) is 45.2 Å². The topological polar surface area (TPSA) is 465 Å². The third-order valence-corrected chi connectivity index (χ3v) is 20.2. The monoisotopic (exact) mass is 1570 g/mol. The third-order valence-electron chi connectivity index (χ3n) is 17.1. The highest BCUT2D eigenvalue weighted by atomic mass is 32.7. The first-order valence-corrected chi connectivity index (χ1v) is 37.7. The Bertz CT molecular complexity index is 4620. The van der Waals surface area contributed by atoms with Gasteiger partial charge in [-0.2, -0.15) is 0 Å². The number of likely N-dealkylation sites (N-methyl/N-ethyl adjacent to an activating group) is 1. The van der Waals surface area contributed by atoms with Crippen LogP contribution in [0.1, 0.15) is 62.3 Å². The van der Waals surface area contributed by atoms with Crippen LogP contribution in [-0.4, -0.2) is 218 Å². The fourth-order valence-electron chi connectivity index (χ4n) is 12.3. The second-order valence-corrected chi connectivity index (χ2v) is 29.9. The Balaban J connectivity index is 0.670. The van der Waals surface area contributed by atoms with Crippen molar-refractivity contribution in [2.45, 2.75) is 120 Å². The number of ether oxygens (including phenoxy) is 11. The molecule has 3 aromatic carbocycles. The number of halogens is 2. The van der Waals surface area contributed by atoms with E-state index in [1.807, 2.05) is 48.5 Å². The zero-order chi connectivity index (χ0) is 76.2. The summed E-state index contributed by atoms with van der Waals surface area (Å²) < 4.78 is 134. The second-order valence-electron chi connectivity index (χ2n) is 24.2. The van der Waals surface area contributed by atoms with E-state index in [1.54, 1.807) is 0 Å². The number of hydrogen-bond donors (Lipinski definition) is 6. The average Bonchev–Trinajstić information content (AvgIpc) is 1.67. The lowest BCUT2D eigenvalue weighted by Gasteiger charge is -2.43. The van der Waals surface area contributed by atoms with E-state index in [4.69, 9.17) is 87.7 Å². The number of carbonyl (C=O) groups is 8. The highest BCUT2D eigenvalue weighted by molar-refractivity contribution is 8.44. The summed E-state index contributed by atoms with van der Waals surface area (Å²) in [6.07, 6.45) is -22.0. The second kappa shape index (κ2) is 32.8. The number of aromatic nitrogens is 8. The number of carbonyl (C=O) groups excluding carboxylic acids is 8. The molecule has 4 fully saturated rings. The van der Waals surface area contributed by atoms with Crippen LogP contribution in [0.25, 0.3) is 33.5 Å². The molecule has 8 heterocycles. The molecule has 570 valence electrons. The lowest BCUT2D eigenvalue weighted by atomic mass is 9.97. The van der Waals surface area contributed by atoms with Crippen LogP contribution in [0, 0.1) is 0 Å². The molecule has 1 aliphatic carbocycles. The van der Waals surface area contributed by atoms with Crippen LogP contribution in [0.4, 0.5) is 40.5 Å². The van der Waals surface area contributed by atoms with Crippen LogP contribution in [0.3, 0.4) is 0 Å².